The van der Waals surface area contributed by atoms with Crippen LogP contribution >= 0.6 is 11.8 Å². The number of allylic oxidation sites excluding steroid dienone is 1. The number of para-hydroxylation sites is 1. The highest BCUT2D eigenvalue weighted by atomic mass is 32.2. The van der Waals surface area contributed by atoms with Crippen LogP contribution in [0.15, 0.2) is 79.9 Å². The lowest BCUT2D eigenvalue weighted by Gasteiger charge is -2.39. The lowest BCUT2D eigenvalue weighted by Crippen LogP contribution is -2.55. The molecule has 0 aliphatic carbocycles. The van der Waals surface area contributed by atoms with Gasteiger partial charge in [-0.25, -0.2) is 4.68 Å². The molecule has 1 N–H and O–H groups in total. The summed E-state index contributed by atoms with van der Waals surface area (Å²) in [6.07, 6.45) is 7.23. The van der Waals surface area contributed by atoms with E-state index in [1.807, 2.05) is 60.7 Å². The number of aliphatic hydroxyl groups is 1. The van der Waals surface area contributed by atoms with Crippen molar-refractivity contribution in [1.82, 2.24) is 24.8 Å². The minimum absolute atomic E-state index is 0.101. The van der Waals surface area contributed by atoms with Crippen molar-refractivity contribution in [3.8, 4) is 0 Å². The molecule has 2 aromatic carbocycles. The Bertz CT molecular complexity index is 1580. The zero-order valence-corrected chi connectivity index (χ0v) is 26.1. The normalized spacial score (nSPS) is 25.7. The van der Waals surface area contributed by atoms with Crippen LogP contribution in [0.4, 0.5) is 0 Å². The number of amides is 2. The number of thioether (sulfide) groups is 1. The van der Waals surface area contributed by atoms with Crippen LogP contribution in [0.25, 0.3) is 11.0 Å². The Morgan fingerprint density at radius 1 is 1.13 bits per heavy atom. The molecule has 11 heteroatoms. The van der Waals surface area contributed by atoms with Crippen molar-refractivity contribution in [3.63, 3.8) is 0 Å². The summed E-state index contributed by atoms with van der Waals surface area (Å²) in [6.45, 7) is 7.86. The van der Waals surface area contributed by atoms with E-state index < -0.39 is 28.7 Å². The van der Waals surface area contributed by atoms with Crippen LogP contribution in [0.2, 0.25) is 0 Å². The molecular formula is C34H39N5O5S. The van der Waals surface area contributed by atoms with Crippen molar-refractivity contribution in [1.29, 1.82) is 0 Å². The van der Waals surface area contributed by atoms with Crippen LogP contribution in [0, 0.1) is 11.8 Å². The summed E-state index contributed by atoms with van der Waals surface area (Å²) in [4.78, 5) is 46.3. The number of likely N-dealkylation sites (tertiary alicyclic amines) is 1. The van der Waals surface area contributed by atoms with E-state index in [-0.39, 0.29) is 49.5 Å². The fourth-order valence-corrected chi connectivity index (χ4v) is 9.58. The quantitative estimate of drug-likeness (QED) is 0.161. The Kier molecular flexibility index (Phi) is 9.09. The first-order valence-corrected chi connectivity index (χ1v) is 16.4. The Balaban J connectivity index is 1.37. The van der Waals surface area contributed by atoms with Gasteiger partial charge in [-0.1, -0.05) is 59.8 Å². The van der Waals surface area contributed by atoms with Crippen molar-refractivity contribution in [2.75, 3.05) is 19.8 Å². The molecule has 6 rings (SSSR count). The number of carbonyl (C=O) groups is 3. The highest BCUT2D eigenvalue weighted by molar-refractivity contribution is 8.02. The number of nitrogens with zero attached hydrogens (tertiary/aromatic N) is 5. The Morgan fingerprint density at radius 3 is 2.67 bits per heavy atom. The molecule has 6 atom stereocenters. The van der Waals surface area contributed by atoms with E-state index in [2.05, 4.69) is 23.5 Å². The second kappa shape index (κ2) is 13.2. The zero-order valence-electron chi connectivity index (χ0n) is 25.2. The van der Waals surface area contributed by atoms with E-state index in [1.54, 1.807) is 32.3 Å². The molecule has 1 aromatic heterocycles. The predicted molar refractivity (Wildman–Crippen MR) is 172 cm³/mol. The number of hydrogen-bond acceptors (Lipinski definition) is 8. The number of aliphatic hydroxyl groups excluding tert-OH is 1. The monoisotopic (exact) mass is 629 g/mol. The number of carbonyl (C=O) groups excluding carboxylic acids is 3. The zero-order chi connectivity index (χ0) is 31.6. The maximum atomic E-state index is 14.9. The fraction of sp³-hybridized carbons (Fsp3) is 0.441. The number of hydrogen-bond donors (Lipinski definition) is 1. The van der Waals surface area contributed by atoms with Crippen molar-refractivity contribution in [3.05, 3.63) is 85.5 Å². The van der Waals surface area contributed by atoms with Gasteiger partial charge in [0.2, 0.25) is 11.8 Å². The number of unbranched alkanes of at least 4 members (excludes halogenated alkanes) is 2. The summed E-state index contributed by atoms with van der Waals surface area (Å²) in [6, 6.07) is 15.1. The molecule has 3 aliphatic rings. The average molecular weight is 630 g/mol. The highest BCUT2D eigenvalue weighted by Gasteiger charge is 2.75. The maximum Gasteiger partial charge on any atom is 0.310 e. The molecule has 4 heterocycles. The smallest absolute Gasteiger partial charge is 0.310 e. The summed E-state index contributed by atoms with van der Waals surface area (Å²) >= 11 is 1.58. The summed E-state index contributed by atoms with van der Waals surface area (Å²) in [5.74, 6) is -2.32. The van der Waals surface area contributed by atoms with E-state index in [9.17, 15) is 19.5 Å². The number of rotatable bonds is 14. The number of fused-ring (bicyclic) bond motifs is 2. The second-order valence-electron chi connectivity index (χ2n) is 11.9. The fourth-order valence-electron chi connectivity index (χ4n) is 7.39. The lowest BCUT2D eigenvalue weighted by molar-refractivity contribution is -0.154. The molecule has 3 aromatic rings. The summed E-state index contributed by atoms with van der Waals surface area (Å²) in [5, 5.41) is 19.2. The molecule has 3 aliphatic heterocycles. The van der Waals surface area contributed by atoms with Crippen molar-refractivity contribution in [2.24, 2.45) is 11.8 Å². The summed E-state index contributed by atoms with van der Waals surface area (Å²) in [5.41, 5.74) is 2.21. The van der Waals surface area contributed by atoms with E-state index in [0.29, 0.717) is 24.8 Å². The SMILES string of the molecule is C=CCCCCOC(=O)[C@@H]1[C@@H]2CCC3(S2)C(C(=O)N(CC=C)Cn2nnc4ccccc42)N([C@H](CO)c2ccccc2)C(=O)[C@H]13. The van der Waals surface area contributed by atoms with E-state index in [4.69, 9.17) is 4.74 Å². The third-order valence-electron chi connectivity index (χ3n) is 9.37. The van der Waals surface area contributed by atoms with E-state index in [1.165, 1.54) is 0 Å². The van der Waals surface area contributed by atoms with Gasteiger partial charge in [-0.3, -0.25) is 14.4 Å². The van der Waals surface area contributed by atoms with Gasteiger partial charge in [0, 0.05) is 11.8 Å². The number of esters is 1. The third-order valence-corrected chi connectivity index (χ3v) is 11.3. The molecule has 3 fully saturated rings. The van der Waals surface area contributed by atoms with Gasteiger partial charge in [0.25, 0.3) is 0 Å². The summed E-state index contributed by atoms with van der Waals surface area (Å²) < 4.78 is 6.57. The van der Waals surface area contributed by atoms with Gasteiger partial charge < -0.3 is 19.6 Å². The Hall–Kier alpha value is -3.96. The molecule has 0 radical (unpaired) electrons. The Morgan fingerprint density at radius 2 is 1.91 bits per heavy atom. The molecule has 3 saturated heterocycles. The maximum absolute atomic E-state index is 14.9. The van der Waals surface area contributed by atoms with Gasteiger partial charge in [-0.05, 0) is 49.8 Å². The standard InChI is InChI=1S/C34H39N5O5S/c1-3-5-6-12-20-44-33(43)28-27-17-18-34(45-27)29(28)31(41)39(26(21-40)23-13-8-7-9-14-23)30(34)32(42)37(19-4-2)22-38-25-16-11-10-15-24(25)35-36-38/h3-4,7-11,13-16,26-30,40H,1-2,5-6,12,17-22H2/t26-,27+,28-,29+,30?,34?/m1/s1. The van der Waals surface area contributed by atoms with E-state index in [0.717, 1.165) is 23.9 Å². The number of aromatic nitrogens is 3. The molecule has 236 valence electrons. The largest absolute Gasteiger partial charge is 0.465 e. The van der Waals surface area contributed by atoms with Crippen LogP contribution in [-0.4, -0.2) is 83.5 Å². The molecule has 0 saturated carbocycles. The van der Waals surface area contributed by atoms with Gasteiger partial charge in [0.05, 0.1) is 41.4 Å². The van der Waals surface area contributed by atoms with Gasteiger partial charge in [-0.15, -0.1) is 30.0 Å². The topological polar surface area (TPSA) is 118 Å². The van der Waals surface area contributed by atoms with Crippen LogP contribution in [0.1, 0.15) is 43.7 Å². The number of ether oxygens (including phenoxy) is 1. The number of benzene rings is 2. The van der Waals surface area contributed by atoms with Crippen LogP contribution in [0.3, 0.4) is 0 Å². The molecule has 2 amide bonds. The minimum atomic E-state index is -0.914. The molecule has 2 unspecified atom stereocenters. The van der Waals surface area contributed by atoms with E-state index >= 15 is 0 Å². The highest BCUT2D eigenvalue weighted by Crippen LogP contribution is 2.67. The van der Waals surface area contributed by atoms with Gasteiger partial charge in [-0.2, -0.15) is 0 Å². The first-order chi connectivity index (χ1) is 21.9. The molecule has 10 nitrogen and oxygen atoms in total. The molecular weight excluding hydrogens is 590 g/mol. The Labute approximate surface area is 267 Å². The predicted octanol–water partition coefficient (Wildman–Crippen LogP) is 4.13. The first kappa shape index (κ1) is 31.0. The second-order valence-corrected chi connectivity index (χ2v) is 13.5. The van der Waals surface area contributed by atoms with Crippen LogP contribution < -0.4 is 0 Å². The summed E-state index contributed by atoms with van der Waals surface area (Å²) in [7, 11) is 0. The van der Waals surface area contributed by atoms with Gasteiger partial charge in [0.15, 0.2) is 0 Å². The van der Waals surface area contributed by atoms with Crippen molar-refractivity contribution >= 4 is 40.6 Å². The third kappa shape index (κ3) is 5.46. The van der Waals surface area contributed by atoms with Crippen molar-refractivity contribution in [2.45, 2.75) is 60.9 Å². The first-order valence-electron chi connectivity index (χ1n) is 15.6. The lowest BCUT2D eigenvalue weighted by atomic mass is 9.71. The van der Waals surface area contributed by atoms with Gasteiger partial charge in [0.1, 0.15) is 18.2 Å². The van der Waals surface area contributed by atoms with Crippen molar-refractivity contribution < 1.29 is 24.2 Å². The van der Waals surface area contributed by atoms with Crippen LogP contribution in [-0.2, 0) is 25.8 Å². The van der Waals surface area contributed by atoms with Crippen LogP contribution in [0.5, 0.6) is 0 Å². The molecule has 2 bridgehead atoms. The molecule has 1 spiro atoms. The van der Waals surface area contributed by atoms with Gasteiger partial charge >= 0.3 is 5.97 Å². The minimum Gasteiger partial charge on any atom is -0.465 e. The average Bonchev–Trinajstić information content (AvgIpc) is 3.81. The molecule has 45 heavy (non-hydrogen) atoms.